The molecule has 9 nitrogen and oxygen atoms in total. The van der Waals surface area contributed by atoms with Crippen molar-refractivity contribution >= 4 is 18.0 Å². The van der Waals surface area contributed by atoms with E-state index in [-0.39, 0.29) is 23.4 Å². The van der Waals surface area contributed by atoms with Crippen LogP contribution in [0.3, 0.4) is 0 Å². The zero-order chi connectivity index (χ0) is 28.1. The Bertz CT molecular complexity index is 1250. The predicted molar refractivity (Wildman–Crippen MR) is 135 cm³/mol. The summed E-state index contributed by atoms with van der Waals surface area (Å²) in [7, 11) is 1.11. The molecule has 4 amide bonds. The number of carbonyl (C=O) groups is 3. The number of urea groups is 2. The Morgan fingerprint density at radius 2 is 1.92 bits per heavy atom. The SMILES string of the molecule is COC(=O)C1=C(C)NC(=O)N(C(=O)NCC(F)CN2CCC(c3ccccn3)CC2)C1c1ccc(F)c(F)c1. The first-order valence-electron chi connectivity index (χ1n) is 12.6. The van der Waals surface area contributed by atoms with Gasteiger partial charge in [0.2, 0.25) is 0 Å². The average molecular weight is 546 g/mol. The highest BCUT2D eigenvalue weighted by atomic mass is 19.2. The second-order valence-electron chi connectivity index (χ2n) is 9.52. The summed E-state index contributed by atoms with van der Waals surface area (Å²) in [6.45, 7) is 2.45. The molecule has 1 fully saturated rings. The number of esters is 1. The van der Waals surface area contributed by atoms with Crippen molar-refractivity contribution in [2.45, 2.75) is 37.9 Å². The maximum absolute atomic E-state index is 14.9. The van der Waals surface area contributed by atoms with Gasteiger partial charge in [-0.15, -0.1) is 0 Å². The molecule has 0 radical (unpaired) electrons. The Kier molecular flexibility index (Phi) is 8.85. The Morgan fingerprint density at radius 3 is 2.56 bits per heavy atom. The number of rotatable bonds is 7. The normalized spacial score (nSPS) is 19.5. The van der Waals surface area contributed by atoms with E-state index >= 15 is 0 Å². The van der Waals surface area contributed by atoms with Gasteiger partial charge < -0.3 is 20.3 Å². The van der Waals surface area contributed by atoms with Crippen molar-refractivity contribution in [3.63, 3.8) is 0 Å². The van der Waals surface area contributed by atoms with Crippen molar-refractivity contribution in [2.75, 3.05) is 33.3 Å². The number of pyridine rings is 1. The number of alkyl halides is 1. The third-order valence-electron chi connectivity index (χ3n) is 6.96. The second-order valence-corrected chi connectivity index (χ2v) is 9.52. The molecule has 2 unspecified atom stereocenters. The summed E-state index contributed by atoms with van der Waals surface area (Å²) in [6, 6.07) is 5.22. The highest BCUT2D eigenvalue weighted by Crippen LogP contribution is 2.35. The largest absolute Gasteiger partial charge is 0.466 e. The Balaban J connectivity index is 1.42. The van der Waals surface area contributed by atoms with Crippen LogP contribution >= 0.6 is 0 Å². The van der Waals surface area contributed by atoms with E-state index in [4.69, 9.17) is 4.74 Å². The fourth-order valence-electron chi connectivity index (χ4n) is 4.98. The van der Waals surface area contributed by atoms with Crippen LogP contribution in [0.25, 0.3) is 0 Å². The number of nitrogens with zero attached hydrogens (tertiary/aromatic N) is 3. The molecule has 12 heteroatoms. The van der Waals surface area contributed by atoms with Crippen LogP contribution in [0.5, 0.6) is 0 Å². The number of imide groups is 1. The van der Waals surface area contributed by atoms with E-state index in [2.05, 4.69) is 15.6 Å². The molecule has 2 N–H and O–H groups in total. The molecule has 208 valence electrons. The maximum atomic E-state index is 14.9. The molecule has 2 aromatic rings. The van der Waals surface area contributed by atoms with E-state index in [1.807, 2.05) is 23.1 Å². The van der Waals surface area contributed by atoms with E-state index < -0.39 is 48.4 Å². The lowest BCUT2D eigenvalue weighted by molar-refractivity contribution is -0.136. The molecule has 1 aromatic heterocycles. The minimum atomic E-state index is -1.44. The van der Waals surface area contributed by atoms with E-state index in [9.17, 15) is 27.6 Å². The number of ether oxygens (including phenoxy) is 1. The number of benzene rings is 1. The van der Waals surface area contributed by atoms with Gasteiger partial charge in [-0.3, -0.25) is 4.98 Å². The summed E-state index contributed by atoms with van der Waals surface area (Å²) >= 11 is 0. The van der Waals surface area contributed by atoms with Crippen molar-refractivity contribution in [3.8, 4) is 0 Å². The van der Waals surface area contributed by atoms with Crippen molar-refractivity contribution in [1.29, 1.82) is 0 Å². The summed E-state index contributed by atoms with van der Waals surface area (Å²) in [5, 5.41) is 4.80. The van der Waals surface area contributed by atoms with Crippen LogP contribution in [0.4, 0.5) is 22.8 Å². The van der Waals surface area contributed by atoms with E-state index in [0.29, 0.717) is 23.9 Å². The van der Waals surface area contributed by atoms with Crippen LogP contribution in [0.1, 0.15) is 43.0 Å². The summed E-state index contributed by atoms with van der Waals surface area (Å²) in [5.41, 5.74) is 0.924. The first-order chi connectivity index (χ1) is 18.7. The predicted octanol–water partition coefficient (Wildman–Crippen LogP) is 3.80. The minimum Gasteiger partial charge on any atom is -0.466 e. The van der Waals surface area contributed by atoms with Gasteiger partial charge in [-0.1, -0.05) is 12.1 Å². The summed E-state index contributed by atoms with van der Waals surface area (Å²) < 4.78 is 47.4. The molecular formula is C27H30F3N5O4. The molecule has 0 bridgehead atoms. The van der Waals surface area contributed by atoms with Gasteiger partial charge in [0.25, 0.3) is 0 Å². The van der Waals surface area contributed by atoms with Gasteiger partial charge >= 0.3 is 18.0 Å². The van der Waals surface area contributed by atoms with Gasteiger partial charge in [-0.2, -0.15) is 0 Å². The van der Waals surface area contributed by atoms with Crippen molar-refractivity contribution in [1.82, 2.24) is 25.4 Å². The van der Waals surface area contributed by atoms with Crippen molar-refractivity contribution in [2.24, 2.45) is 0 Å². The van der Waals surface area contributed by atoms with Gasteiger partial charge in [-0.05, 0) is 62.7 Å². The fraction of sp³-hybridized carbons (Fsp3) is 0.407. The second kappa shape index (κ2) is 12.3. The van der Waals surface area contributed by atoms with Crippen LogP contribution in [0.2, 0.25) is 0 Å². The molecule has 3 heterocycles. The number of hydrogen-bond donors (Lipinski definition) is 2. The van der Waals surface area contributed by atoms with E-state index in [0.717, 1.165) is 43.8 Å². The number of hydrogen-bond acceptors (Lipinski definition) is 6. The summed E-state index contributed by atoms with van der Waals surface area (Å²) in [6.07, 6.45) is 1.99. The van der Waals surface area contributed by atoms with E-state index in [1.165, 1.54) is 6.92 Å². The zero-order valence-corrected chi connectivity index (χ0v) is 21.6. The number of methoxy groups -OCH3 is 1. The third kappa shape index (κ3) is 6.39. The fourth-order valence-corrected chi connectivity index (χ4v) is 4.98. The van der Waals surface area contributed by atoms with E-state index in [1.54, 1.807) is 6.20 Å². The number of amides is 4. The lowest BCUT2D eigenvalue weighted by Gasteiger charge is -2.36. The molecule has 0 spiro atoms. The molecule has 0 saturated carbocycles. The first-order valence-corrected chi connectivity index (χ1v) is 12.6. The molecule has 2 aliphatic heterocycles. The Morgan fingerprint density at radius 1 is 1.18 bits per heavy atom. The van der Waals surface area contributed by atoms with Crippen molar-refractivity contribution < 1.29 is 32.3 Å². The number of likely N-dealkylation sites (tertiary alicyclic amines) is 1. The minimum absolute atomic E-state index is 0.0359. The number of carbonyl (C=O) groups excluding carboxylic acids is 3. The van der Waals surface area contributed by atoms with Gasteiger partial charge in [0.15, 0.2) is 11.6 Å². The summed E-state index contributed by atoms with van der Waals surface area (Å²) in [4.78, 5) is 45.5. The molecule has 2 atom stereocenters. The number of piperidine rings is 1. The maximum Gasteiger partial charge on any atom is 0.337 e. The number of halogens is 3. The monoisotopic (exact) mass is 545 g/mol. The number of allylic oxidation sites excluding steroid dienone is 1. The molecule has 4 rings (SSSR count). The number of aromatic nitrogens is 1. The highest BCUT2D eigenvalue weighted by Gasteiger charge is 2.42. The smallest absolute Gasteiger partial charge is 0.337 e. The van der Waals surface area contributed by atoms with Gasteiger partial charge in [0, 0.05) is 30.1 Å². The number of nitrogens with one attached hydrogen (secondary N) is 2. The molecular weight excluding hydrogens is 515 g/mol. The molecule has 1 saturated heterocycles. The van der Waals surface area contributed by atoms with Gasteiger partial charge in [0.1, 0.15) is 12.2 Å². The summed E-state index contributed by atoms with van der Waals surface area (Å²) in [5.74, 6) is -2.93. The van der Waals surface area contributed by atoms with Crippen LogP contribution in [0, 0.1) is 11.6 Å². The third-order valence-corrected chi connectivity index (χ3v) is 6.96. The van der Waals surface area contributed by atoms with Crippen LogP contribution < -0.4 is 10.6 Å². The van der Waals surface area contributed by atoms with Gasteiger partial charge in [0.05, 0.1) is 19.2 Å². The quantitative estimate of drug-likeness (QED) is 0.513. The Labute approximate surface area is 224 Å². The lowest BCUT2D eigenvalue weighted by atomic mass is 9.93. The lowest BCUT2D eigenvalue weighted by Crippen LogP contribution is -2.55. The molecule has 0 aliphatic carbocycles. The molecule has 39 heavy (non-hydrogen) atoms. The average Bonchev–Trinajstić information content (AvgIpc) is 2.93. The standard InChI is InChI=1S/C27H30F3N5O4/c1-16-23(25(36)39-2)24(18-6-7-20(29)21(30)13-18)35(27(38)33-16)26(37)32-14-19(28)15-34-11-8-17(9-12-34)22-5-3-4-10-31-22/h3-7,10,13,17,19,24H,8-9,11-12,14-15H2,1-2H3,(H,32,37)(H,33,38). The topological polar surface area (TPSA) is 104 Å². The zero-order valence-electron chi connectivity index (χ0n) is 21.6. The van der Waals surface area contributed by atoms with Crippen LogP contribution in [0.15, 0.2) is 53.9 Å². The molecule has 1 aromatic carbocycles. The van der Waals surface area contributed by atoms with Crippen molar-refractivity contribution in [3.05, 3.63) is 76.8 Å². The highest BCUT2D eigenvalue weighted by molar-refractivity contribution is 6.01. The van der Waals surface area contributed by atoms with Gasteiger partial charge in [-0.25, -0.2) is 32.5 Å². The van der Waals surface area contributed by atoms with Crippen LogP contribution in [-0.4, -0.2) is 72.3 Å². The molecule has 2 aliphatic rings. The first kappa shape index (κ1) is 28.1. The van der Waals surface area contributed by atoms with Crippen LogP contribution in [-0.2, 0) is 9.53 Å². The Hall–Kier alpha value is -3.93.